The van der Waals surface area contributed by atoms with Crippen LogP contribution in [0.4, 0.5) is 5.69 Å². The van der Waals surface area contributed by atoms with Gasteiger partial charge in [-0.1, -0.05) is 72.1 Å². The second-order valence-electron chi connectivity index (χ2n) is 11.0. The van der Waals surface area contributed by atoms with Gasteiger partial charge in [0.25, 0.3) is 10.0 Å². The minimum absolute atomic E-state index is 0.0169. The van der Waals surface area contributed by atoms with Gasteiger partial charge in [0.1, 0.15) is 12.6 Å². The van der Waals surface area contributed by atoms with Crippen molar-refractivity contribution in [3.05, 3.63) is 93.5 Å². The summed E-state index contributed by atoms with van der Waals surface area (Å²) in [5.41, 5.74) is 2.07. The molecule has 0 spiro atoms. The summed E-state index contributed by atoms with van der Waals surface area (Å²) in [6, 6.07) is 17.4. The Hall–Kier alpha value is -3.07. The fourth-order valence-corrected chi connectivity index (χ4v) is 6.49. The van der Waals surface area contributed by atoms with E-state index in [1.54, 1.807) is 62.4 Å². The largest absolute Gasteiger partial charge is 0.350 e. The van der Waals surface area contributed by atoms with Crippen LogP contribution in [0.2, 0.25) is 10.0 Å². The third-order valence-corrected chi connectivity index (χ3v) is 8.83. The van der Waals surface area contributed by atoms with Crippen molar-refractivity contribution in [2.75, 3.05) is 10.8 Å². The molecule has 3 aromatic carbocycles. The van der Waals surface area contributed by atoms with E-state index in [9.17, 15) is 18.0 Å². The molecule has 0 aliphatic rings. The molecule has 0 heterocycles. The smallest absolute Gasteiger partial charge is 0.264 e. The fourth-order valence-electron chi connectivity index (χ4n) is 4.52. The van der Waals surface area contributed by atoms with Crippen molar-refractivity contribution < 1.29 is 18.0 Å². The zero-order valence-electron chi connectivity index (χ0n) is 24.2. The highest BCUT2D eigenvalue weighted by Crippen LogP contribution is 2.29. The van der Waals surface area contributed by atoms with Crippen molar-refractivity contribution in [1.82, 2.24) is 10.2 Å². The van der Waals surface area contributed by atoms with E-state index >= 15 is 0 Å². The summed E-state index contributed by atoms with van der Waals surface area (Å²) in [6.45, 7) is 10.5. The minimum atomic E-state index is -4.14. The Bertz CT molecular complexity index is 1510. The van der Waals surface area contributed by atoms with Gasteiger partial charge in [0.15, 0.2) is 0 Å². The lowest BCUT2D eigenvalue weighted by molar-refractivity contribution is -0.141. The summed E-state index contributed by atoms with van der Waals surface area (Å²) in [6.07, 6.45) is 0.299. The molecular weight excluding hydrogens is 581 g/mol. The molecule has 41 heavy (non-hydrogen) atoms. The lowest BCUT2D eigenvalue weighted by Crippen LogP contribution is -2.55. The maximum Gasteiger partial charge on any atom is 0.264 e. The molecular formula is C31H37Cl2N3O4S. The van der Waals surface area contributed by atoms with Crippen LogP contribution >= 0.6 is 23.2 Å². The first-order valence-electron chi connectivity index (χ1n) is 13.3. The highest BCUT2D eigenvalue weighted by Gasteiger charge is 2.35. The number of carbonyl (C=O) groups excluding carboxylic acids is 2. The van der Waals surface area contributed by atoms with Crippen molar-refractivity contribution in [1.29, 1.82) is 0 Å². The Morgan fingerprint density at radius 2 is 1.61 bits per heavy atom. The number of nitrogens with one attached hydrogen (secondary N) is 1. The number of anilines is 1. The summed E-state index contributed by atoms with van der Waals surface area (Å²) in [7, 11) is -4.14. The van der Waals surface area contributed by atoms with Crippen LogP contribution in [0.3, 0.4) is 0 Å². The standard InChI is InChI=1S/C31H37Cl2N3O4S/c1-7-27(30(38)34-31(4,5)6)35(19-23-14-15-24(32)18-26(23)33)29(37)20-36(28-16-13-21(2)17-22(28)3)41(39,40)25-11-9-8-10-12-25/h8-18,27H,7,19-20H2,1-6H3,(H,34,38). The van der Waals surface area contributed by atoms with Crippen LogP contribution in [0.5, 0.6) is 0 Å². The van der Waals surface area contributed by atoms with Crippen molar-refractivity contribution in [2.45, 2.75) is 71.0 Å². The van der Waals surface area contributed by atoms with Gasteiger partial charge in [0, 0.05) is 22.1 Å². The first kappa shape index (κ1) is 32.4. The van der Waals surface area contributed by atoms with Crippen LogP contribution < -0.4 is 9.62 Å². The molecule has 0 aliphatic carbocycles. The fraction of sp³-hybridized carbons (Fsp3) is 0.355. The molecule has 0 bridgehead atoms. The van der Waals surface area contributed by atoms with E-state index in [0.29, 0.717) is 33.3 Å². The third kappa shape index (κ3) is 8.24. The molecule has 0 radical (unpaired) electrons. The molecule has 1 unspecified atom stereocenters. The van der Waals surface area contributed by atoms with Crippen molar-refractivity contribution in [2.24, 2.45) is 0 Å². The molecule has 220 valence electrons. The predicted molar refractivity (Wildman–Crippen MR) is 166 cm³/mol. The van der Waals surface area contributed by atoms with E-state index < -0.39 is 34.1 Å². The van der Waals surface area contributed by atoms with Crippen molar-refractivity contribution in [3.63, 3.8) is 0 Å². The SMILES string of the molecule is CCC(C(=O)NC(C)(C)C)N(Cc1ccc(Cl)cc1Cl)C(=O)CN(c1ccc(C)cc1C)S(=O)(=O)c1ccccc1. The average Bonchev–Trinajstić information content (AvgIpc) is 2.88. The molecule has 0 aliphatic heterocycles. The lowest BCUT2D eigenvalue weighted by Gasteiger charge is -2.35. The molecule has 7 nitrogen and oxygen atoms in total. The molecule has 0 fully saturated rings. The number of nitrogens with zero attached hydrogens (tertiary/aromatic N) is 2. The van der Waals surface area contributed by atoms with Gasteiger partial charge in [0.2, 0.25) is 11.8 Å². The molecule has 0 saturated heterocycles. The van der Waals surface area contributed by atoms with Crippen LogP contribution in [-0.4, -0.2) is 43.3 Å². The monoisotopic (exact) mass is 617 g/mol. The Labute approximate surface area is 253 Å². The average molecular weight is 619 g/mol. The van der Waals surface area contributed by atoms with Gasteiger partial charge in [-0.15, -0.1) is 0 Å². The summed E-state index contributed by atoms with van der Waals surface area (Å²) in [4.78, 5) is 29.1. The number of aryl methyl sites for hydroxylation is 2. The zero-order chi connectivity index (χ0) is 30.5. The number of sulfonamides is 1. The lowest BCUT2D eigenvalue weighted by atomic mass is 10.1. The molecule has 1 N–H and O–H groups in total. The van der Waals surface area contributed by atoms with E-state index in [2.05, 4.69) is 5.32 Å². The Kier molecular flexibility index (Phi) is 10.5. The van der Waals surface area contributed by atoms with Crippen molar-refractivity contribution >= 4 is 50.7 Å². The predicted octanol–water partition coefficient (Wildman–Crippen LogP) is 6.53. The Balaban J connectivity index is 2.12. The number of halogens is 2. The highest BCUT2D eigenvalue weighted by atomic mass is 35.5. The zero-order valence-corrected chi connectivity index (χ0v) is 26.6. The van der Waals surface area contributed by atoms with E-state index in [4.69, 9.17) is 23.2 Å². The van der Waals surface area contributed by atoms with Gasteiger partial charge in [-0.05, 0) is 82.5 Å². The third-order valence-electron chi connectivity index (χ3n) is 6.47. The number of rotatable bonds is 10. The number of amides is 2. The molecule has 1 atom stereocenters. The normalized spacial score (nSPS) is 12.5. The second-order valence-corrected chi connectivity index (χ2v) is 13.7. The topological polar surface area (TPSA) is 86.8 Å². The summed E-state index contributed by atoms with van der Waals surface area (Å²) in [5, 5.41) is 3.72. The molecule has 3 rings (SSSR count). The minimum Gasteiger partial charge on any atom is -0.350 e. The maximum absolute atomic E-state index is 14.2. The molecule has 10 heteroatoms. The van der Waals surface area contributed by atoms with Gasteiger partial charge in [-0.2, -0.15) is 0 Å². The van der Waals surface area contributed by atoms with Gasteiger partial charge in [0.05, 0.1) is 10.6 Å². The van der Waals surface area contributed by atoms with Crippen molar-refractivity contribution in [3.8, 4) is 0 Å². The van der Waals surface area contributed by atoms with Gasteiger partial charge < -0.3 is 10.2 Å². The van der Waals surface area contributed by atoms with Crippen LogP contribution in [0, 0.1) is 13.8 Å². The van der Waals surface area contributed by atoms with Crippen LogP contribution in [-0.2, 0) is 26.2 Å². The Morgan fingerprint density at radius 1 is 0.951 bits per heavy atom. The summed E-state index contributed by atoms with van der Waals surface area (Å²) < 4.78 is 29.1. The molecule has 0 saturated carbocycles. The molecule has 3 aromatic rings. The first-order chi connectivity index (χ1) is 19.1. The number of benzene rings is 3. The van der Waals surface area contributed by atoms with E-state index in [1.807, 2.05) is 33.8 Å². The number of hydrogen-bond donors (Lipinski definition) is 1. The number of carbonyl (C=O) groups is 2. The Morgan fingerprint density at radius 3 is 2.17 bits per heavy atom. The van der Waals surface area contributed by atoms with E-state index in [-0.39, 0.29) is 17.3 Å². The van der Waals surface area contributed by atoms with E-state index in [1.165, 1.54) is 17.0 Å². The van der Waals surface area contributed by atoms with Crippen LogP contribution in [0.1, 0.15) is 50.8 Å². The van der Waals surface area contributed by atoms with E-state index in [0.717, 1.165) is 9.87 Å². The van der Waals surface area contributed by atoms with Gasteiger partial charge >= 0.3 is 0 Å². The summed E-state index contributed by atoms with van der Waals surface area (Å²) in [5.74, 6) is -0.895. The summed E-state index contributed by atoms with van der Waals surface area (Å²) >= 11 is 12.6. The number of hydrogen-bond acceptors (Lipinski definition) is 4. The molecule has 2 amide bonds. The quantitative estimate of drug-likeness (QED) is 0.280. The van der Waals surface area contributed by atoms with Gasteiger partial charge in [-0.25, -0.2) is 8.42 Å². The second kappa shape index (κ2) is 13.3. The maximum atomic E-state index is 14.2. The molecule has 0 aromatic heterocycles. The first-order valence-corrected chi connectivity index (χ1v) is 15.5. The van der Waals surface area contributed by atoms with Crippen LogP contribution in [0.25, 0.3) is 0 Å². The highest BCUT2D eigenvalue weighted by molar-refractivity contribution is 7.92. The van der Waals surface area contributed by atoms with Gasteiger partial charge in [-0.3, -0.25) is 13.9 Å². The van der Waals surface area contributed by atoms with Crippen LogP contribution in [0.15, 0.2) is 71.6 Å².